The van der Waals surface area contributed by atoms with Gasteiger partial charge >= 0.3 is 12.1 Å². The Morgan fingerprint density at radius 1 is 1.04 bits per heavy atom. The van der Waals surface area contributed by atoms with Crippen molar-refractivity contribution in [2.24, 2.45) is 0 Å². The van der Waals surface area contributed by atoms with Gasteiger partial charge in [-0.05, 0) is 30.3 Å². The van der Waals surface area contributed by atoms with Crippen LogP contribution in [0.3, 0.4) is 0 Å². The van der Waals surface area contributed by atoms with Crippen molar-refractivity contribution in [1.29, 1.82) is 0 Å². The minimum atomic E-state index is -4.71. The Morgan fingerprint density at radius 3 is 2.30 bits per heavy atom. The van der Waals surface area contributed by atoms with Gasteiger partial charge < -0.3 is 10.4 Å². The summed E-state index contributed by atoms with van der Waals surface area (Å²) in [5.41, 5.74) is -2.20. The van der Waals surface area contributed by atoms with Gasteiger partial charge in [0.1, 0.15) is 0 Å². The SMILES string of the molecule is O=C(O)c1ccc(Cl)cc1NC(=O)c1ccccc1C(F)(F)F. The maximum Gasteiger partial charge on any atom is 0.417 e. The lowest BCUT2D eigenvalue weighted by Gasteiger charge is -2.13. The Kier molecular flexibility index (Phi) is 4.60. The maximum absolute atomic E-state index is 12.9. The molecule has 0 aliphatic rings. The van der Waals surface area contributed by atoms with Gasteiger partial charge in [0, 0.05) is 5.02 Å². The first-order valence-corrected chi connectivity index (χ1v) is 6.58. The van der Waals surface area contributed by atoms with Gasteiger partial charge in [0.05, 0.1) is 22.4 Å². The van der Waals surface area contributed by atoms with Gasteiger partial charge in [0.15, 0.2) is 0 Å². The van der Waals surface area contributed by atoms with E-state index in [0.29, 0.717) is 0 Å². The van der Waals surface area contributed by atoms with E-state index in [1.165, 1.54) is 12.1 Å². The Labute approximate surface area is 133 Å². The van der Waals surface area contributed by atoms with Crippen LogP contribution in [0.25, 0.3) is 0 Å². The fraction of sp³-hybridized carbons (Fsp3) is 0.0667. The minimum absolute atomic E-state index is 0.134. The number of benzene rings is 2. The standard InChI is InChI=1S/C15H9ClF3NO3/c16-8-5-6-10(14(22)23)12(7-8)20-13(21)9-3-1-2-4-11(9)15(17,18)19/h1-7H,(H,20,21)(H,22,23). The first-order valence-electron chi connectivity index (χ1n) is 6.20. The molecule has 120 valence electrons. The quantitative estimate of drug-likeness (QED) is 0.872. The summed E-state index contributed by atoms with van der Waals surface area (Å²) in [7, 11) is 0. The first kappa shape index (κ1) is 16.8. The molecular weight excluding hydrogens is 335 g/mol. The minimum Gasteiger partial charge on any atom is -0.478 e. The number of amides is 1. The fourth-order valence-corrected chi connectivity index (χ4v) is 2.10. The van der Waals surface area contributed by atoms with Crippen LogP contribution in [-0.2, 0) is 6.18 Å². The molecule has 0 atom stereocenters. The Balaban J connectivity index is 2.42. The van der Waals surface area contributed by atoms with E-state index in [0.717, 1.165) is 30.3 Å². The molecule has 0 aliphatic carbocycles. The molecule has 2 N–H and O–H groups in total. The molecule has 4 nitrogen and oxygen atoms in total. The van der Waals surface area contributed by atoms with E-state index in [9.17, 15) is 22.8 Å². The van der Waals surface area contributed by atoms with Crippen molar-refractivity contribution in [3.8, 4) is 0 Å². The molecule has 2 aromatic rings. The van der Waals surface area contributed by atoms with Crippen LogP contribution < -0.4 is 5.32 Å². The number of halogens is 4. The summed E-state index contributed by atoms with van der Waals surface area (Å²) < 4.78 is 38.8. The number of rotatable bonds is 3. The molecule has 23 heavy (non-hydrogen) atoms. The van der Waals surface area contributed by atoms with E-state index < -0.39 is 29.2 Å². The average molecular weight is 344 g/mol. The molecular formula is C15H9ClF3NO3. The number of carbonyl (C=O) groups is 2. The van der Waals surface area contributed by atoms with Gasteiger partial charge in [0.2, 0.25) is 0 Å². The van der Waals surface area contributed by atoms with Crippen molar-refractivity contribution >= 4 is 29.2 Å². The molecule has 1 amide bonds. The number of carbonyl (C=O) groups excluding carboxylic acids is 1. The molecule has 0 heterocycles. The highest BCUT2D eigenvalue weighted by Gasteiger charge is 2.35. The van der Waals surface area contributed by atoms with Gasteiger partial charge in [-0.25, -0.2) is 4.79 Å². The van der Waals surface area contributed by atoms with Crippen molar-refractivity contribution in [2.75, 3.05) is 5.32 Å². The van der Waals surface area contributed by atoms with Crippen molar-refractivity contribution < 1.29 is 27.9 Å². The predicted molar refractivity (Wildman–Crippen MR) is 77.8 cm³/mol. The number of aromatic carboxylic acids is 1. The zero-order valence-electron chi connectivity index (χ0n) is 11.3. The highest BCUT2D eigenvalue weighted by molar-refractivity contribution is 6.31. The van der Waals surface area contributed by atoms with Crippen LogP contribution in [0.15, 0.2) is 42.5 Å². The van der Waals surface area contributed by atoms with Crippen molar-refractivity contribution in [3.05, 3.63) is 64.2 Å². The normalized spacial score (nSPS) is 11.1. The molecule has 0 bridgehead atoms. The molecule has 0 spiro atoms. The highest BCUT2D eigenvalue weighted by Crippen LogP contribution is 2.32. The first-order chi connectivity index (χ1) is 10.7. The summed E-state index contributed by atoms with van der Waals surface area (Å²) in [6, 6.07) is 7.80. The van der Waals surface area contributed by atoms with Crippen LogP contribution >= 0.6 is 11.6 Å². The maximum atomic E-state index is 12.9. The Morgan fingerprint density at radius 2 is 1.70 bits per heavy atom. The second-order valence-electron chi connectivity index (χ2n) is 4.49. The number of carboxylic acids is 1. The molecule has 8 heteroatoms. The summed E-state index contributed by atoms with van der Waals surface area (Å²) in [5, 5.41) is 11.3. The van der Waals surface area contributed by atoms with Gasteiger partial charge in [-0.3, -0.25) is 4.79 Å². The van der Waals surface area contributed by atoms with Crippen LogP contribution in [-0.4, -0.2) is 17.0 Å². The van der Waals surface area contributed by atoms with Gasteiger partial charge in [-0.1, -0.05) is 23.7 Å². The topological polar surface area (TPSA) is 66.4 Å². The molecule has 0 saturated heterocycles. The molecule has 2 rings (SSSR count). The van der Waals surface area contributed by atoms with E-state index in [4.69, 9.17) is 16.7 Å². The van der Waals surface area contributed by atoms with E-state index in [-0.39, 0.29) is 16.3 Å². The fourth-order valence-electron chi connectivity index (χ4n) is 1.92. The molecule has 0 aromatic heterocycles. The lowest BCUT2D eigenvalue weighted by Crippen LogP contribution is -2.19. The summed E-state index contributed by atoms with van der Waals surface area (Å²) >= 11 is 5.73. The van der Waals surface area contributed by atoms with E-state index in [2.05, 4.69) is 5.32 Å². The third-order valence-corrected chi connectivity index (χ3v) is 3.17. The van der Waals surface area contributed by atoms with Gasteiger partial charge in [-0.2, -0.15) is 13.2 Å². The Bertz CT molecular complexity index is 775. The second-order valence-corrected chi connectivity index (χ2v) is 4.93. The van der Waals surface area contributed by atoms with E-state index in [1.807, 2.05) is 0 Å². The van der Waals surface area contributed by atoms with Crippen LogP contribution in [0.2, 0.25) is 5.02 Å². The number of anilines is 1. The van der Waals surface area contributed by atoms with E-state index in [1.54, 1.807) is 0 Å². The summed E-state index contributed by atoms with van der Waals surface area (Å²) in [6.07, 6.45) is -4.71. The summed E-state index contributed by atoms with van der Waals surface area (Å²) in [5.74, 6) is -2.43. The molecule has 0 aliphatic heterocycles. The molecule has 0 saturated carbocycles. The van der Waals surface area contributed by atoms with Gasteiger partial charge in [0.25, 0.3) is 5.91 Å². The zero-order chi connectivity index (χ0) is 17.2. The molecule has 0 radical (unpaired) electrons. The number of alkyl halides is 3. The van der Waals surface area contributed by atoms with Crippen molar-refractivity contribution in [1.82, 2.24) is 0 Å². The van der Waals surface area contributed by atoms with Crippen molar-refractivity contribution in [2.45, 2.75) is 6.18 Å². The Hall–Kier alpha value is -2.54. The lowest BCUT2D eigenvalue weighted by molar-refractivity contribution is -0.137. The third kappa shape index (κ3) is 3.81. The zero-order valence-corrected chi connectivity index (χ0v) is 12.1. The number of nitrogens with one attached hydrogen (secondary N) is 1. The monoisotopic (exact) mass is 343 g/mol. The van der Waals surface area contributed by atoms with Crippen LogP contribution in [0.1, 0.15) is 26.3 Å². The molecule has 2 aromatic carbocycles. The van der Waals surface area contributed by atoms with Crippen LogP contribution in [0.4, 0.5) is 18.9 Å². The molecule has 0 unspecified atom stereocenters. The second kappa shape index (κ2) is 6.29. The third-order valence-electron chi connectivity index (χ3n) is 2.94. The number of carboxylic acid groups (broad SMARTS) is 1. The number of hydrogen-bond donors (Lipinski definition) is 2. The smallest absolute Gasteiger partial charge is 0.417 e. The lowest BCUT2D eigenvalue weighted by atomic mass is 10.1. The van der Waals surface area contributed by atoms with E-state index >= 15 is 0 Å². The van der Waals surface area contributed by atoms with Crippen LogP contribution in [0.5, 0.6) is 0 Å². The molecule has 0 fully saturated rings. The average Bonchev–Trinajstić information content (AvgIpc) is 2.46. The summed E-state index contributed by atoms with van der Waals surface area (Å²) in [4.78, 5) is 23.2. The summed E-state index contributed by atoms with van der Waals surface area (Å²) in [6.45, 7) is 0. The highest BCUT2D eigenvalue weighted by atomic mass is 35.5. The van der Waals surface area contributed by atoms with Gasteiger partial charge in [-0.15, -0.1) is 0 Å². The van der Waals surface area contributed by atoms with Crippen LogP contribution in [0, 0.1) is 0 Å². The largest absolute Gasteiger partial charge is 0.478 e. The number of hydrogen-bond acceptors (Lipinski definition) is 2. The predicted octanol–water partition coefficient (Wildman–Crippen LogP) is 4.31. The van der Waals surface area contributed by atoms with Crippen molar-refractivity contribution in [3.63, 3.8) is 0 Å².